The zero-order valence-electron chi connectivity index (χ0n) is 16.0. The van der Waals surface area contributed by atoms with Gasteiger partial charge in [-0.3, -0.25) is 4.79 Å². The van der Waals surface area contributed by atoms with Crippen molar-refractivity contribution in [2.75, 3.05) is 18.0 Å². The Labute approximate surface area is 161 Å². The highest BCUT2D eigenvalue weighted by Crippen LogP contribution is 2.34. The molecule has 2 heterocycles. The maximum Gasteiger partial charge on any atom is 0.393 e. The predicted molar refractivity (Wildman–Crippen MR) is 99.1 cm³/mol. The fourth-order valence-corrected chi connectivity index (χ4v) is 3.45. The minimum Gasteiger partial charge on any atom is -0.372 e. The van der Waals surface area contributed by atoms with Gasteiger partial charge in [0.05, 0.1) is 12.5 Å². The highest BCUT2D eigenvalue weighted by Gasteiger charge is 2.42. The van der Waals surface area contributed by atoms with Crippen LogP contribution in [0, 0.1) is 5.92 Å². The molecule has 1 aliphatic rings. The highest BCUT2D eigenvalue weighted by atomic mass is 19.4. The lowest BCUT2D eigenvalue weighted by atomic mass is 9.99. The number of hydrogen-bond acceptors (Lipinski definition) is 4. The van der Waals surface area contributed by atoms with Gasteiger partial charge in [-0.2, -0.15) is 13.2 Å². The molecular weight excluding hydrogens is 371 g/mol. The number of nitrogens with zero attached hydrogens (tertiary/aromatic N) is 4. The second-order valence-electron chi connectivity index (χ2n) is 6.82. The van der Waals surface area contributed by atoms with Crippen LogP contribution in [-0.4, -0.2) is 39.9 Å². The van der Waals surface area contributed by atoms with Gasteiger partial charge in [0.25, 0.3) is 5.91 Å². The predicted octanol–water partition coefficient (Wildman–Crippen LogP) is 3.18. The van der Waals surface area contributed by atoms with E-state index in [1.807, 2.05) is 12.1 Å². The molecule has 0 saturated heterocycles. The Balaban J connectivity index is 1.64. The topological polar surface area (TPSA) is 63.1 Å². The first-order chi connectivity index (χ1) is 13.3. The first-order valence-electron chi connectivity index (χ1n) is 9.44. The van der Waals surface area contributed by atoms with Crippen molar-refractivity contribution < 1.29 is 18.0 Å². The van der Waals surface area contributed by atoms with Gasteiger partial charge in [0.15, 0.2) is 5.82 Å². The molecule has 152 valence electrons. The van der Waals surface area contributed by atoms with Crippen LogP contribution in [0.15, 0.2) is 24.3 Å². The molecule has 1 aliphatic heterocycles. The summed E-state index contributed by atoms with van der Waals surface area (Å²) in [5.41, 5.74) is 1.52. The van der Waals surface area contributed by atoms with Crippen LogP contribution >= 0.6 is 0 Å². The Morgan fingerprint density at radius 2 is 1.89 bits per heavy atom. The monoisotopic (exact) mass is 395 g/mol. The van der Waals surface area contributed by atoms with Gasteiger partial charge in [-0.05, 0) is 44.5 Å². The van der Waals surface area contributed by atoms with Crippen LogP contribution in [0.25, 0.3) is 0 Å². The zero-order chi connectivity index (χ0) is 20.3. The fourth-order valence-electron chi connectivity index (χ4n) is 3.45. The minimum absolute atomic E-state index is 0.0207. The van der Waals surface area contributed by atoms with E-state index < -0.39 is 12.1 Å². The maximum absolute atomic E-state index is 13.0. The lowest BCUT2D eigenvalue weighted by Crippen LogP contribution is -2.34. The quantitative estimate of drug-likeness (QED) is 0.816. The van der Waals surface area contributed by atoms with E-state index in [-0.39, 0.29) is 31.8 Å². The molecule has 1 amide bonds. The number of carbonyl (C=O) groups excluding carboxylic acids is 1. The molecule has 1 N–H and O–H groups in total. The van der Waals surface area contributed by atoms with E-state index in [1.165, 1.54) is 4.57 Å². The number of halogens is 3. The van der Waals surface area contributed by atoms with Crippen molar-refractivity contribution in [1.82, 2.24) is 20.1 Å². The first-order valence-corrected chi connectivity index (χ1v) is 9.44. The van der Waals surface area contributed by atoms with Crippen molar-refractivity contribution in [3.8, 4) is 0 Å². The second-order valence-corrected chi connectivity index (χ2v) is 6.82. The van der Waals surface area contributed by atoms with E-state index in [4.69, 9.17) is 0 Å². The summed E-state index contributed by atoms with van der Waals surface area (Å²) >= 11 is 0. The van der Waals surface area contributed by atoms with Crippen molar-refractivity contribution in [1.29, 1.82) is 0 Å². The van der Waals surface area contributed by atoms with Gasteiger partial charge in [0.1, 0.15) is 5.82 Å². The van der Waals surface area contributed by atoms with Crippen LogP contribution in [0.5, 0.6) is 0 Å². The summed E-state index contributed by atoms with van der Waals surface area (Å²) in [6, 6.07) is 7.24. The summed E-state index contributed by atoms with van der Waals surface area (Å²) in [6.45, 7) is 5.71. The normalized spacial score (nSPS) is 16.5. The molecule has 0 unspecified atom stereocenters. The van der Waals surface area contributed by atoms with Crippen molar-refractivity contribution >= 4 is 11.6 Å². The Morgan fingerprint density at radius 1 is 1.21 bits per heavy atom. The van der Waals surface area contributed by atoms with Gasteiger partial charge in [-0.1, -0.05) is 0 Å². The molecule has 0 aliphatic carbocycles. The van der Waals surface area contributed by atoms with Gasteiger partial charge < -0.3 is 14.8 Å². The average Bonchev–Trinajstić information content (AvgIpc) is 3.09. The Kier molecular flexibility index (Phi) is 5.90. The number of amides is 1. The number of alkyl halides is 3. The Bertz CT molecular complexity index is 812. The Morgan fingerprint density at radius 3 is 2.50 bits per heavy atom. The molecule has 0 spiro atoms. The van der Waals surface area contributed by atoms with Gasteiger partial charge in [-0.15, -0.1) is 10.2 Å². The largest absolute Gasteiger partial charge is 0.393 e. The van der Waals surface area contributed by atoms with Crippen LogP contribution in [0.2, 0.25) is 0 Å². The molecule has 2 aromatic rings. The van der Waals surface area contributed by atoms with E-state index in [1.54, 1.807) is 12.1 Å². The van der Waals surface area contributed by atoms with Crippen molar-refractivity contribution in [3.63, 3.8) is 0 Å². The van der Waals surface area contributed by atoms with E-state index >= 15 is 0 Å². The number of hydrogen-bond donors (Lipinski definition) is 1. The maximum atomic E-state index is 13.0. The van der Waals surface area contributed by atoms with Crippen molar-refractivity contribution in [2.24, 2.45) is 5.92 Å². The molecule has 0 fully saturated rings. The molecule has 3 rings (SSSR count). The fraction of sp³-hybridized carbons (Fsp3) is 0.526. The average molecular weight is 395 g/mol. The molecule has 1 aromatic carbocycles. The number of aryl methyl sites for hydroxylation is 1. The third kappa shape index (κ3) is 4.28. The zero-order valence-corrected chi connectivity index (χ0v) is 16.0. The third-order valence-electron chi connectivity index (χ3n) is 5.15. The molecular formula is C19H24F3N5O. The third-order valence-corrected chi connectivity index (χ3v) is 5.15. The summed E-state index contributed by atoms with van der Waals surface area (Å²) in [5, 5.41) is 10.7. The number of anilines is 1. The summed E-state index contributed by atoms with van der Waals surface area (Å²) in [5.74, 6) is -0.824. The van der Waals surface area contributed by atoms with Crippen LogP contribution in [0.3, 0.4) is 0 Å². The molecule has 0 bridgehead atoms. The molecule has 0 radical (unpaired) electrons. The molecule has 6 nitrogen and oxygen atoms in total. The van der Waals surface area contributed by atoms with Crippen LogP contribution in [0.4, 0.5) is 18.9 Å². The van der Waals surface area contributed by atoms with Crippen molar-refractivity contribution in [2.45, 2.75) is 46.0 Å². The van der Waals surface area contributed by atoms with E-state index in [0.717, 1.165) is 18.8 Å². The SMILES string of the molecule is CCN(CC)c1ccc(C(=O)NCc2nnc3n2C[C@H](C(F)(F)F)CC3)cc1. The van der Waals surface area contributed by atoms with Crippen LogP contribution < -0.4 is 10.2 Å². The van der Waals surface area contributed by atoms with Gasteiger partial charge in [0.2, 0.25) is 0 Å². The summed E-state index contributed by atoms with van der Waals surface area (Å²) in [4.78, 5) is 14.6. The minimum atomic E-state index is -4.24. The lowest BCUT2D eigenvalue weighted by molar-refractivity contribution is -0.182. The number of carbonyl (C=O) groups is 1. The molecule has 9 heteroatoms. The van der Waals surface area contributed by atoms with Crippen LogP contribution in [-0.2, 0) is 19.5 Å². The van der Waals surface area contributed by atoms with E-state index in [0.29, 0.717) is 17.2 Å². The molecule has 0 saturated carbocycles. The number of rotatable bonds is 6. The van der Waals surface area contributed by atoms with Crippen LogP contribution in [0.1, 0.15) is 42.3 Å². The molecule has 1 atom stereocenters. The number of aromatic nitrogens is 3. The second kappa shape index (κ2) is 8.20. The first kappa shape index (κ1) is 20.2. The number of nitrogens with one attached hydrogen (secondary N) is 1. The molecule has 1 aromatic heterocycles. The van der Waals surface area contributed by atoms with Gasteiger partial charge in [0, 0.05) is 37.3 Å². The van der Waals surface area contributed by atoms with Gasteiger partial charge >= 0.3 is 6.18 Å². The number of benzene rings is 1. The van der Waals surface area contributed by atoms with E-state index in [9.17, 15) is 18.0 Å². The number of fused-ring (bicyclic) bond motifs is 1. The van der Waals surface area contributed by atoms with Crippen molar-refractivity contribution in [3.05, 3.63) is 41.5 Å². The highest BCUT2D eigenvalue weighted by molar-refractivity contribution is 5.94. The van der Waals surface area contributed by atoms with Gasteiger partial charge in [-0.25, -0.2) is 0 Å². The summed E-state index contributed by atoms with van der Waals surface area (Å²) < 4.78 is 40.5. The summed E-state index contributed by atoms with van der Waals surface area (Å²) in [7, 11) is 0. The van der Waals surface area contributed by atoms with E-state index in [2.05, 4.69) is 34.3 Å². The molecule has 28 heavy (non-hydrogen) atoms. The lowest BCUT2D eigenvalue weighted by Gasteiger charge is -2.26. The standard InChI is InChI=1S/C19H24F3N5O/c1-3-26(4-2)15-8-5-13(6-9-15)18(28)23-11-17-25-24-16-10-7-14(12-27(16)17)19(20,21)22/h5-6,8-9,14H,3-4,7,10-12H2,1-2H3,(H,23,28)/t14-/m1/s1. The smallest absolute Gasteiger partial charge is 0.372 e. The summed E-state index contributed by atoms with van der Waals surface area (Å²) in [6.07, 6.45) is -3.99. The Hall–Kier alpha value is -2.58.